The number of carbonyl (C=O) groups is 3. The van der Waals surface area contributed by atoms with Crippen molar-refractivity contribution in [3.8, 4) is 0 Å². The third-order valence-electron chi connectivity index (χ3n) is 3.79. The van der Waals surface area contributed by atoms with E-state index in [1.807, 2.05) is 13.8 Å². The van der Waals surface area contributed by atoms with Crippen molar-refractivity contribution >= 4 is 34.8 Å². The van der Waals surface area contributed by atoms with E-state index in [9.17, 15) is 14.4 Å². The highest BCUT2D eigenvalue weighted by molar-refractivity contribution is 5.96. The van der Waals surface area contributed by atoms with Gasteiger partial charge in [-0.15, -0.1) is 0 Å². The van der Waals surface area contributed by atoms with E-state index in [4.69, 9.17) is 0 Å². The van der Waals surface area contributed by atoms with Gasteiger partial charge in [0.1, 0.15) is 0 Å². The van der Waals surface area contributed by atoms with Crippen LogP contribution in [0.3, 0.4) is 0 Å². The van der Waals surface area contributed by atoms with Crippen LogP contribution in [0, 0.1) is 0 Å². The molecule has 0 unspecified atom stereocenters. The van der Waals surface area contributed by atoms with Gasteiger partial charge < -0.3 is 21.3 Å². The lowest BCUT2D eigenvalue weighted by Gasteiger charge is -2.10. The SMILES string of the molecule is CCC(=O)Nc1ccc(NC(=O)CNc2ccc(C(=O)NC(C)C)cc2)cc1. The quantitative estimate of drug-likeness (QED) is 0.563. The Morgan fingerprint density at radius 2 is 1.29 bits per heavy atom. The molecule has 0 saturated carbocycles. The lowest BCUT2D eigenvalue weighted by atomic mass is 10.2. The maximum Gasteiger partial charge on any atom is 0.251 e. The summed E-state index contributed by atoms with van der Waals surface area (Å²) in [6.45, 7) is 5.68. The Hall–Kier alpha value is -3.35. The molecule has 0 fully saturated rings. The van der Waals surface area contributed by atoms with E-state index in [0.29, 0.717) is 23.4 Å². The van der Waals surface area contributed by atoms with Crippen molar-refractivity contribution in [3.05, 3.63) is 54.1 Å². The van der Waals surface area contributed by atoms with Crippen LogP contribution in [0.25, 0.3) is 0 Å². The number of carbonyl (C=O) groups excluding carboxylic acids is 3. The van der Waals surface area contributed by atoms with E-state index in [-0.39, 0.29) is 30.3 Å². The summed E-state index contributed by atoms with van der Waals surface area (Å²) in [6.07, 6.45) is 0.410. The number of anilines is 3. The molecule has 4 N–H and O–H groups in total. The first-order chi connectivity index (χ1) is 13.4. The summed E-state index contributed by atoms with van der Waals surface area (Å²) in [7, 11) is 0. The van der Waals surface area contributed by atoms with Gasteiger partial charge in [-0.3, -0.25) is 14.4 Å². The molecule has 0 radical (unpaired) electrons. The van der Waals surface area contributed by atoms with E-state index in [0.717, 1.165) is 5.69 Å². The second kappa shape index (κ2) is 10.1. The molecule has 0 aliphatic rings. The van der Waals surface area contributed by atoms with Crippen LogP contribution in [0.1, 0.15) is 37.6 Å². The van der Waals surface area contributed by atoms with Crippen LogP contribution in [0.15, 0.2) is 48.5 Å². The second-order valence-electron chi connectivity index (χ2n) is 6.59. The van der Waals surface area contributed by atoms with Gasteiger partial charge in [-0.2, -0.15) is 0 Å². The number of hydrogen-bond donors (Lipinski definition) is 4. The third kappa shape index (κ3) is 6.75. The molecule has 2 aromatic carbocycles. The maximum atomic E-state index is 12.1. The summed E-state index contributed by atoms with van der Waals surface area (Å²) in [4.78, 5) is 35.4. The average Bonchev–Trinajstić information content (AvgIpc) is 2.67. The summed E-state index contributed by atoms with van der Waals surface area (Å²) in [5, 5.41) is 11.4. The number of hydrogen-bond acceptors (Lipinski definition) is 4. The van der Waals surface area contributed by atoms with E-state index >= 15 is 0 Å². The predicted octanol–water partition coefficient (Wildman–Crippen LogP) is 3.22. The monoisotopic (exact) mass is 382 g/mol. The Morgan fingerprint density at radius 3 is 1.79 bits per heavy atom. The Balaban J connectivity index is 1.82. The van der Waals surface area contributed by atoms with Crippen LogP contribution in [0.4, 0.5) is 17.1 Å². The summed E-state index contributed by atoms with van der Waals surface area (Å²) >= 11 is 0. The van der Waals surface area contributed by atoms with Crippen LogP contribution >= 0.6 is 0 Å². The molecule has 7 heteroatoms. The second-order valence-corrected chi connectivity index (χ2v) is 6.59. The van der Waals surface area contributed by atoms with Crippen molar-refractivity contribution in [1.29, 1.82) is 0 Å². The molecular formula is C21H26N4O3. The molecule has 2 rings (SSSR count). The molecule has 0 aliphatic carbocycles. The van der Waals surface area contributed by atoms with Gasteiger partial charge in [0.05, 0.1) is 6.54 Å². The Bertz CT molecular complexity index is 815. The highest BCUT2D eigenvalue weighted by Gasteiger charge is 2.07. The molecular weight excluding hydrogens is 356 g/mol. The van der Waals surface area contributed by atoms with Gasteiger partial charge in [-0.05, 0) is 62.4 Å². The minimum atomic E-state index is -0.202. The zero-order chi connectivity index (χ0) is 20.5. The molecule has 0 heterocycles. The number of benzene rings is 2. The van der Waals surface area contributed by atoms with Crippen LogP contribution in [-0.2, 0) is 9.59 Å². The van der Waals surface area contributed by atoms with Gasteiger partial charge in [0, 0.05) is 35.1 Å². The maximum absolute atomic E-state index is 12.1. The fourth-order valence-electron chi connectivity index (χ4n) is 2.36. The highest BCUT2D eigenvalue weighted by Crippen LogP contribution is 2.14. The normalized spacial score (nSPS) is 10.3. The molecule has 148 valence electrons. The molecule has 2 aromatic rings. The predicted molar refractivity (Wildman–Crippen MR) is 112 cm³/mol. The highest BCUT2D eigenvalue weighted by atomic mass is 16.2. The minimum Gasteiger partial charge on any atom is -0.376 e. The summed E-state index contributed by atoms with van der Waals surface area (Å²) in [5.74, 6) is -0.390. The number of nitrogens with one attached hydrogen (secondary N) is 4. The molecule has 28 heavy (non-hydrogen) atoms. The summed E-state index contributed by atoms with van der Waals surface area (Å²) < 4.78 is 0. The molecule has 7 nitrogen and oxygen atoms in total. The van der Waals surface area contributed by atoms with Gasteiger partial charge in [0.15, 0.2) is 0 Å². The standard InChI is InChI=1S/C21H26N4O3/c1-4-19(26)24-17-9-11-18(12-10-17)25-20(27)13-22-16-7-5-15(6-8-16)21(28)23-14(2)3/h5-12,14,22H,4,13H2,1-3H3,(H,23,28)(H,24,26)(H,25,27). The van der Waals surface area contributed by atoms with Crippen molar-refractivity contribution in [2.75, 3.05) is 22.5 Å². The van der Waals surface area contributed by atoms with E-state index in [2.05, 4.69) is 21.3 Å². The van der Waals surface area contributed by atoms with Crippen LogP contribution < -0.4 is 21.3 Å². The fourth-order valence-corrected chi connectivity index (χ4v) is 2.36. The van der Waals surface area contributed by atoms with Crippen molar-refractivity contribution < 1.29 is 14.4 Å². The smallest absolute Gasteiger partial charge is 0.251 e. The van der Waals surface area contributed by atoms with E-state index in [1.54, 1.807) is 55.5 Å². The first kappa shape index (κ1) is 21.0. The fraction of sp³-hybridized carbons (Fsp3) is 0.286. The zero-order valence-corrected chi connectivity index (χ0v) is 16.3. The summed E-state index contributed by atoms with van der Waals surface area (Å²) in [6, 6.07) is 13.9. The van der Waals surface area contributed by atoms with Gasteiger partial charge in [-0.1, -0.05) is 6.92 Å². The first-order valence-corrected chi connectivity index (χ1v) is 9.22. The van der Waals surface area contributed by atoms with E-state index < -0.39 is 0 Å². The Labute approximate surface area is 164 Å². The Kier molecular flexibility index (Phi) is 7.56. The van der Waals surface area contributed by atoms with Crippen molar-refractivity contribution in [2.45, 2.75) is 33.2 Å². The first-order valence-electron chi connectivity index (χ1n) is 9.22. The lowest BCUT2D eigenvalue weighted by molar-refractivity contribution is -0.116. The molecule has 0 bridgehead atoms. The van der Waals surface area contributed by atoms with Crippen molar-refractivity contribution in [2.24, 2.45) is 0 Å². The number of rotatable bonds is 8. The van der Waals surface area contributed by atoms with Crippen molar-refractivity contribution in [3.63, 3.8) is 0 Å². The number of amides is 3. The largest absolute Gasteiger partial charge is 0.376 e. The molecule has 0 saturated heterocycles. The molecule has 0 aliphatic heterocycles. The molecule has 0 spiro atoms. The molecule has 3 amide bonds. The Morgan fingerprint density at radius 1 is 0.786 bits per heavy atom. The van der Waals surface area contributed by atoms with E-state index in [1.165, 1.54) is 0 Å². The molecule has 0 atom stereocenters. The minimum absolute atomic E-state index is 0.0614. The zero-order valence-electron chi connectivity index (χ0n) is 16.3. The third-order valence-corrected chi connectivity index (χ3v) is 3.79. The lowest BCUT2D eigenvalue weighted by Crippen LogP contribution is -2.30. The van der Waals surface area contributed by atoms with Crippen LogP contribution in [0.5, 0.6) is 0 Å². The van der Waals surface area contributed by atoms with Gasteiger partial charge >= 0.3 is 0 Å². The van der Waals surface area contributed by atoms with Crippen LogP contribution in [0.2, 0.25) is 0 Å². The van der Waals surface area contributed by atoms with Crippen molar-refractivity contribution in [1.82, 2.24) is 5.32 Å². The summed E-state index contributed by atoms with van der Waals surface area (Å²) in [5.41, 5.74) is 2.64. The van der Waals surface area contributed by atoms with Crippen LogP contribution in [-0.4, -0.2) is 30.3 Å². The van der Waals surface area contributed by atoms with Gasteiger partial charge in [0.25, 0.3) is 5.91 Å². The van der Waals surface area contributed by atoms with Gasteiger partial charge in [0.2, 0.25) is 11.8 Å². The van der Waals surface area contributed by atoms with Gasteiger partial charge in [-0.25, -0.2) is 0 Å². The topological polar surface area (TPSA) is 99.3 Å². The average molecular weight is 382 g/mol. The molecule has 0 aromatic heterocycles.